The van der Waals surface area contributed by atoms with Gasteiger partial charge < -0.3 is 0 Å². The number of hydrogen-bond acceptors (Lipinski definition) is 4. The van der Waals surface area contributed by atoms with Gasteiger partial charge in [-0.15, -0.1) is 0 Å². The van der Waals surface area contributed by atoms with Gasteiger partial charge in [0, 0.05) is 27.7 Å². The molecule has 0 spiro atoms. The minimum atomic E-state index is -0.521. The van der Waals surface area contributed by atoms with Crippen LogP contribution in [0, 0.1) is 10.1 Å². The maximum Gasteiger partial charge on any atom is 0.355 e. The SMILES string of the molecule is Cn1c(-c2ccc(Br)cc2)c[n+](CC(=O)c2cccc([N+](=O)[O-])c2)c1N. The Balaban J connectivity index is 1.90. The molecule has 0 fully saturated rings. The molecule has 1 heterocycles. The third kappa shape index (κ3) is 3.50. The number of nitro groups is 1. The average molecular weight is 416 g/mol. The summed E-state index contributed by atoms with van der Waals surface area (Å²) < 4.78 is 4.40. The Morgan fingerprint density at radius 1 is 1.27 bits per heavy atom. The van der Waals surface area contributed by atoms with Gasteiger partial charge in [-0.05, 0) is 12.1 Å². The number of nitro benzene ring substituents is 1. The normalized spacial score (nSPS) is 10.7. The number of carbonyl (C=O) groups is 1. The van der Waals surface area contributed by atoms with Gasteiger partial charge in [-0.1, -0.05) is 40.2 Å². The lowest BCUT2D eigenvalue weighted by atomic mass is 10.1. The standard InChI is InChI=1S/C18H15BrN4O3/c1-21-16(12-5-7-14(19)8-6-12)10-22(18(21)20)11-17(24)13-3-2-4-15(9-13)23(25)26/h2-10,20H,11H2,1H3/p+1. The summed E-state index contributed by atoms with van der Waals surface area (Å²) in [6.45, 7) is -0.00261. The summed E-state index contributed by atoms with van der Waals surface area (Å²) in [6.07, 6.45) is 1.80. The summed E-state index contributed by atoms with van der Waals surface area (Å²) in [7, 11) is 1.82. The molecule has 0 saturated heterocycles. The lowest BCUT2D eigenvalue weighted by Crippen LogP contribution is -2.39. The van der Waals surface area contributed by atoms with Gasteiger partial charge in [0.25, 0.3) is 5.69 Å². The van der Waals surface area contributed by atoms with E-state index >= 15 is 0 Å². The highest BCUT2D eigenvalue weighted by atomic mass is 79.9. The van der Waals surface area contributed by atoms with Gasteiger partial charge in [-0.3, -0.25) is 20.6 Å². The van der Waals surface area contributed by atoms with Crippen molar-refractivity contribution < 1.29 is 14.3 Å². The zero-order valence-electron chi connectivity index (χ0n) is 13.9. The van der Waals surface area contributed by atoms with E-state index in [1.165, 1.54) is 18.2 Å². The van der Waals surface area contributed by atoms with Crippen LogP contribution >= 0.6 is 15.9 Å². The van der Waals surface area contributed by atoms with Gasteiger partial charge >= 0.3 is 5.95 Å². The molecule has 0 amide bonds. The summed E-state index contributed by atoms with van der Waals surface area (Å²) >= 11 is 3.40. The van der Waals surface area contributed by atoms with Gasteiger partial charge in [-0.2, -0.15) is 0 Å². The van der Waals surface area contributed by atoms with Crippen molar-refractivity contribution in [1.29, 1.82) is 0 Å². The Morgan fingerprint density at radius 2 is 1.96 bits per heavy atom. The third-order valence-corrected chi connectivity index (χ3v) is 4.64. The second kappa shape index (κ2) is 7.09. The number of nitrogens with zero attached hydrogens (tertiary/aromatic N) is 3. The van der Waals surface area contributed by atoms with Gasteiger partial charge in [0.15, 0.2) is 5.78 Å². The molecule has 0 aliphatic rings. The van der Waals surface area contributed by atoms with Crippen molar-refractivity contribution in [2.75, 3.05) is 5.73 Å². The first-order valence-electron chi connectivity index (χ1n) is 7.75. The summed E-state index contributed by atoms with van der Waals surface area (Å²) in [5.41, 5.74) is 8.12. The van der Waals surface area contributed by atoms with Gasteiger partial charge in [0.2, 0.25) is 0 Å². The molecule has 2 aromatic carbocycles. The van der Waals surface area contributed by atoms with Crippen molar-refractivity contribution >= 4 is 33.3 Å². The zero-order chi connectivity index (χ0) is 18.8. The van der Waals surface area contributed by atoms with Gasteiger partial charge in [0.1, 0.15) is 18.4 Å². The van der Waals surface area contributed by atoms with E-state index in [0.717, 1.165) is 15.7 Å². The van der Waals surface area contributed by atoms with Crippen LogP contribution < -0.4 is 10.3 Å². The number of aromatic nitrogens is 2. The summed E-state index contributed by atoms with van der Waals surface area (Å²) in [5.74, 6) is 0.167. The molecule has 8 heteroatoms. The molecule has 0 aliphatic heterocycles. The lowest BCUT2D eigenvalue weighted by molar-refractivity contribution is -0.667. The number of benzene rings is 2. The molecule has 3 aromatic rings. The molecule has 3 rings (SSSR count). The second-order valence-corrected chi connectivity index (χ2v) is 6.71. The molecule has 0 bridgehead atoms. The monoisotopic (exact) mass is 415 g/mol. The zero-order valence-corrected chi connectivity index (χ0v) is 15.5. The number of ketones is 1. The predicted octanol–water partition coefficient (Wildman–Crippen LogP) is 3.12. The Bertz CT molecular complexity index is 996. The Kier molecular flexibility index (Phi) is 4.85. The van der Waals surface area contributed by atoms with Crippen LogP contribution in [0.2, 0.25) is 0 Å². The van der Waals surface area contributed by atoms with E-state index in [4.69, 9.17) is 5.73 Å². The molecule has 0 saturated carbocycles. The van der Waals surface area contributed by atoms with Crippen LogP contribution in [-0.4, -0.2) is 15.3 Å². The molecule has 0 atom stereocenters. The Labute approximate surface area is 158 Å². The second-order valence-electron chi connectivity index (χ2n) is 5.80. The fourth-order valence-electron chi connectivity index (χ4n) is 2.67. The van der Waals surface area contributed by atoms with E-state index in [-0.39, 0.29) is 23.6 Å². The van der Waals surface area contributed by atoms with E-state index in [2.05, 4.69) is 15.9 Å². The number of nitrogen functional groups attached to an aromatic ring is 1. The fourth-order valence-corrected chi connectivity index (χ4v) is 2.94. The highest BCUT2D eigenvalue weighted by Gasteiger charge is 2.21. The highest BCUT2D eigenvalue weighted by molar-refractivity contribution is 9.10. The number of Topliss-reactive ketones (excluding diaryl/α,β-unsaturated/α-hetero) is 1. The number of non-ortho nitro benzene ring substituents is 1. The van der Waals surface area contributed by atoms with Crippen LogP contribution in [-0.2, 0) is 13.6 Å². The number of rotatable bonds is 5. The number of halogens is 1. The van der Waals surface area contributed by atoms with E-state index in [1.807, 2.05) is 31.3 Å². The molecular formula is C18H16BrN4O3+. The first kappa shape index (κ1) is 17.8. The lowest BCUT2D eigenvalue weighted by Gasteiger charge is -2.00. The largest absolute Gasteiger partial charge is 0.355 e. The minimum absolute atomic E-state index is 0.00261. The van der Waals surface area contributed by atoms with Crippen LogP contribution in [0.25, 0.3) is 11.3 Å². The van der Waals surface area contributed by atoms with E-state index in [0.29, 0.717) is 5.95 Å². The number of anilines is 1. The third-order valence-electron chi connectivity index (χ3n) is 4.11. The predicted molar refractivity (Wildman–Crippen MR) is 101 cm³/mol. The van der Waals surface area contributed by atoms with Crippen LogP contribution in [0.4, 0.5) is 11.6 Å². The minimum Gasteiger partial charge on any atom is -0.291 e. The maximum atomic E-state index is 12.5. The molecular weight excluding hydrogens is 400 g/mol. The van der Waals surface area contributed by atoms with Gasteiger partial charge in [0.05, 0.1) is 12.0 Å². The van der Waals surface area contributed by atoms with E-state index < -0.39 is 4.92 Å². The molecule has 0 unspecified atom stereocenters. The van der Waals surface area contributed by atoms with Crippen molar-refractivity contribution in [3.05, 3.63) is 74.9 Å². The molecule has 7 nitrogen and oxygen atoms in total. The smallest absolute Gasteiger partial charge is 0.291 e. The highest BCUT2D eigenvalue weighted by Crippen LogP contribution is 2.22. The molecule has 1 aromatic heterocycles. The van der Waals surface area contributed by atoms with Crippen LogP contribution in [0.5, 0.6) is 0 Å². The fraction of sp³-hybridized carbons (Fsp3) is 0.111. The average Bonchev–Trinajstić information content (AvgIpc) is 2.91. The first-order chi connectivity index (χ1) is 12.4. The number of hydrogen-bond donors (Lipinski definition) is 1. The Hall–Kier alpha value is -3.00. The van der Waals surface area contributed by atoms with Gasteiger partial charge in [-0.25, -0.2) is 9.13 Å². The summed E-state index contributed by atoms with van der Waals surface area (Å²) in [6, 6.07) is 13.4. The van der Waals surface area contributed by atoms with E-state index in [1.54, 1.807) is 21.4 Å². The molecule has 0 radical (unpaired) electrons. The summed E-state index contributed by atoms with van der Waals surface area (Å²) in [5, 5.41) is 10.9. The number of carbonyl (C=O) groups excluding carboxylic acids is 1. The van der Waals surface area contributed by atoms with Crippen molar-refractivity contribution in [3.63, 3.8) is 0 Å². The topological polar surface area (TPSA) is 95.0 Å². The van der Waals surface area contributed by atoms with Crippen LogP contribution in [0.3, 0.4) is 0 Å². The van der Waals surface area contributed by atoms with Crippen molar-refractivity contribution in [2.24, 2.45) is 7.05 Å². The molecule has 26 heavy (non-hydrogen) atoms. The van der Waals surface area contributed by atoms with Crippen molar-refractivity contribution in [1.82, 2.24) is 4.57 Å². The van der Waals surface area contributed by atoms with Crippen LogP contribution in [0.15, 0.2) is 59.2 Å². The maximum absolute atomic E-state index is 12.5. The first-order valence-corrected chi connectivity index (χ1v) is 8.54. The van der Waals surface area contributed by atoms with Crippen LogP contribution in [0.1, 0.15) is 10.4 Å². The molecule has 0 aliphatic carbocycles. The Morgan fingerprint density at radius 3 is 2.62 bits per heavy atom. The van der Waals surface area contributed by atoms with E-state index in [9.17, 15) is 14.9 Å². The van der Waals surface area contributed by atoms with Crippen molar-refractivity contribution in [2.45, 2.75) is 6.54 Å². The number of imidazole rings is 1. The molecule has 132 valence electrons. The summed E-state index contributed by atoms with van der Waals surface area (Å²) in [4.78, 5) is 22.9. The number of nitrogens with two attached hydrogens (primary N) is 1. The molecule has 2 N–H and O–H groups in total. The van der Waals surface area contributed by atoms with Crippen molar-refractivity contribution in [3.8, 4) is 11.3 Å². The quantitative estimate of drug-likeness (QED) is 0.299.